The zero-order valence-electron chi connectivity index (χ0n) is 11.7. The highest BCUT2D eigenvalue weighted by molar-refractivity contribution is 6.35. The van der Waals surface area contributed by atoms with E-state index < -0.39 is 0 Å². The van der Waals surface area contributed by atoms with Gasteiger partial charge in [-0.3, -0.25) is 4.79 Å². The SMILES string of the molecule is Cc1cc(C)cc(NC(=O)COc2ccc(Cl)cc2Cl)c1. The average Bonchev–Trinajstić information content (AvgIpc) is 2.36. The minimum absolute atomic E-state index is 0.117. The van der Waals surface area contributed by atoms with E-state index in [9.17, 15) is 4.79 Å². The molecule has 21 heavy (non-hydrogen) atoms. The van der Waals surface area contributed by atoms with Crippen LogP contribution in [0, 0.1) is 13.8 Å². The maximum Gasteiger partial charge on any atom is 0.262 e. The number of carbonyl (C=O) groups excluding carboxylic acids is 1. The molecule has 1 amide bonds. The molecule has 0 atom stereocenters. The zero-order chi connectivity index (χ0) is 15.4. The monoisotopic (exact) mass is 323 g/mol. The molecule has 0 aliphatic rings. The lowest BCUT2D eigenvalue weighted by atomic mass is 10.1. The average molecular weight is 324 g/mol. The first-order chi connectivity index (χ1) is 9.94. The van der Waals surface area contributed by atoms with Gasteiger partial charge in [-0.1, -0.05) is 29.3 Å². The number of carbonyl (C=O) groups is 1. The normalized spacial score (nSPS) is 10.3. The van der Waals surface area contributed by atoms with Crippen molar-refractivity contribution in [3.05, 3.63) is 57.6 Å². The van der Waals surface area contributed by atoms with Crippen molar-refractivity contribution in [3.63, 3.8) is 0 Å². The second-order valence-electron chi connectivity index (χ2n) is 4.79. The summed E-state index contributed by atoms with van der Waals surface area (Å²) in [5.41, 5.74) is 2.93. The molecule has 3 nitrogen and oxygen atoms in total. The van der Waals surface area contributed by atoms with E-state index in [1.165, 1.54) is 0 Å². The van der Waals surface area contributed by atoms with Crippen molar-refractivity contribution in [1.29, 1.82) is 0 Å². The highest BCUT2D eigenvalue weighted by Gasteiger charge is 2.07. The number of rotatable bonds is 4. The molecular weight excluding hydrogens is 309 g/mol. The van der Waals surface area contributed by atoms with Gasteiger partial charge in [0, 0.05) is 10.7 Å². The fourth-order valence-corrected chi connectivity index (χ4v) is 2.44. The molecule has 2 aromatic carbocycles. The summed E-state index contributed by atoms with van der Waals surface area (Å²) in [5, 5.41) is 3.69. The number of hydrogen-bond acceptors (Lipinski definition) is 2. The Morgan fingerprint density at radius 3 is 2.38 bits per heavy atom. The van der Waals surface area contributed by atoms with Gasteiger partial charge in [-0.05, 0) is 55.3 Å². The van der Waals surface area contributed by atoms with Gasteiger partial charge in [0.25, 0.3) is 5.91 Å². The first-order valence-electron chi connectivity index (χ1n) is 6.40. The molecule has 0 aliphatic carbocycles. The first kappa shape index (κ1) is 15.7. The number of aryl methyl sites for hydroxylation is 2. The second kappa shape index (κ2) is 6.83. The van der Waals surface area contributed by atoms with Crippen molar-refractivity contribution in [2.45, 2.75) is 13.8 Å². The summed E-state index contributed by atoms with van der Waals surface area (Å²) in [4.78, 5) is 11.9. The number of amides is 1. The van der Waals surface area contributed by atoms with Crippen LogP contribution in [0.4, 0.5) is 5.69 Å². The van der Waals surface area contributed by atoms with E-state index in [1.807, 2.05) is 32.0 Å². The molecule has 0 aliphatic heterocycles. The number of ether oxygens (including phenoxy) is 1. The molecule has 0 heterocycles. The zero-order valence-corrected chi connectivity index (χ0v) is 13.3. The molecule has 5 heteroatoms. The number of halogens is 2. The maximum absolute atomic E-state index is 11.9. The summed E-state index contributed by atoms with van der Waals surface area (Å²) < 4.78 is 5.38. The lowest BCUT2D eigenvalue weighted by molar-refractivity contribution is -0.118. The topological polar surface area (TPSA) is 38.3 Å². The minimum Gasteiger partial charge on any atom is -0.482 e. The fraction of sp³-hybridized carbons (Fsp3) is 0.188. The molecule has 0 saturated carbocycles. The van der Waals surface area contributed by atoms with Crippen molar-refractivity contribution in [3.8, 4) is 5.75 Å². The van der Waals surface area contributed by atoms with Gasteiger partial charge >= 0.3 is 0 Å². The van der Waals surface area contributed by atoms with Crippen LogP contribution in [0.2, 0.25) is 10.0 Å². The Morgan fingerprint density at radius 1 is 1.10 bits per heavy atom. The lowest BCUT2D eigenvalue weighted by Crippen LogP contribution is -2.20. The third-order valence-corrected chi connectivity index (χ3v) is 3.29. The van der Waals surface area contributed by atoms with Crippen molar-refractivity contribution in [1.82, 2.24) is 0 Å². The van der Waals surface area contributed by atoms with Crippen molar-refractivity contribution < 1.29 is 9.53 Å². The number of nitrogens with one attached hydrogen (secondary N) is 1. The van der Waals surface area contributed by atoms with E-state index in [2.05, 4.69) is 5.32 Å². The highest BCUT2D eigenvalue weighted by atomic mass is 35.5. The Morgan fingerprint density at radius 2 is 1.76 bits per heavy atom. The predicted octanol–water partition coefficient (Wildman–Crippen LogP) is 4.63. The van der Waals surface area contributed by atoms with E-state index in [0.29, 0.717) is 15.8 Å². The highest BCUT2D eigenvalue weighted by Crippen LogP contribution is 2.27. The van der Waals surface area contributed by atoms with E-state index in [1.54, 1.807) is 18.2 Å². The Hall–Kier alpha value is -1.71. The summed E-state index contributed by atoms with van der Waals surface area (Å²) >= 11 is 11.8. The Kier molecular flexibility index (Phi) is 5.10. The van der Waals surface area contributed by atoms with Crippen LogP contribution in [0.3, 0.4) is 0 Å². The van der Waals surface area contributed by atoms with E-state index >= 15 is 0 Å². The third-order valence-electron chi connectivity index (χ3n) is 2.76. The van der Waals surface area contributed by atoms with E-state index in [-0.39, 0.29) is 12.5 Å². The van der Waals surface area contributed by atoms with Crippen LogP contribution in [0.5, 0.6) is 5.75 Å². The summed E-state index contributed by atoms with van der Waals surface area (Å²) in [7, 11) is 0. The number of benzene rings is 2. The molecule has 2 rings (SSSR count). The predicted molar refractivity (Wildman–Crippen MR) is 86.5 cm³/mol. The fourth-order valence-electron chi connectivity index (χ4n) is 1.98. The van der Waals surface area contributed by atoms with Gasteiger partial charge in [0.2, 0.25) is 0 Å². The van der Waals surface area contributed by atoms with Crippen molar-refractivity contribution in [2.24, 2.45) is 0 Å². The van der Waals surface area contributed by atoms with Crippen molar-refractivity contribution in [2.75, 3.05) is 11.9 Å². The molecule has 0 fully saturated rings. The van der Waals surface area contributed by atoms with Crippen LogP contribution < -0.4 is 10.1 Å². The van der Waals surface area contributed by atoms with Crippen molar-refractivity contribution >= 4 is 34.8 Å². The van der Waals surface area contributed by atoms with E-state index in [4.69, 9.17) is 27.9 Å². The maximum atomic E-state index is 11.9. The molecule has 2 aromatic rings. The molecule has 0 spiro atoms. The molecule has 0 aromatic heterocycles. The van der Waals surface area contributed by atoms with Gasteiger partial charge in [0.1, 0.15) is 5.75 Å². The van der Waals surface area contributed by atoms with Gasteiger partial charge in [0.15, 0.2) is 6.61 Å². The summed E-state index contributed by atoms with van der Waals surface area (Å²) in [5.74, 6) is 0.183. The molecule has 0 unspecified atom stereocenters. The molecule has 1 N–H and O–H groups in total. The Balaban J connectivity index is 1.95. The Labute approximate surface area is 133 Å². The molecular formula is C16H15Cl2NO2. The second-order valence-corrected chi connectivity index (χ2v) is 5.63. The summed E-state index contributed by atoms with van der Waals surface area (Å²) in [6.07, 6.45) is 0. The molecule has 0 saturated heterocycles. The standard InChI is InChI=1S/C16H15Cl2NO2/c1-10-5-11(2)7-13(6-10)19-16(20)9-21-15-4-3-12(17)8-14(15)18/h3-8H,9H2,1-2H3,(H,19,20). The van der Waals surface area contributed by atoms with Crippen LogP contribution in [0.25, 0.3) is 0 Å². The largest absolute Gasteiger partial charge is 0.482 e. The summed E-state index contributed by atoms with van der Waals surface area (Å²) in [6, 6.07) is 10.7. The first-order valence-corrected chi connectivity index (χ1v) is 7.15. The number of hydrogen-bond donors (Lipinski definition) is 1. The van der Waals surface area contributed by atoms with Gasteiger partial charge in [-0.25, -0.2) is 0 Å². The van der Waals surface area contributed by atoms with Gasteiger partial charge in [-0.15, -0.1) is 0 Å². The van der Waals surface area contributed by atoms with Crippen LogP contribution in [0.1, 0.15) is 11.1 Å². The molecule has 0 bridgehead atoms. The van der Waals surface area contributed by atoms with Gasteiger partial charge in [-0.2, -0.15) is 0 Å². The molecule has 0 radical (unpaired) electrons. The van der Waals surface area contributed by atoms with Crippen LogP contribution in [0.15, 0.2) is 36.4 Å². The third kappa shape index (κ3) is 4.66. The molecule has 110 valence electrons. The van der Waals surface area contributed by atoms with Gasteiger partial charge in [0.05, 0.1) is 5.02 Å². The summed E-state index contributed by atoms with van der Waals surface area (Å²) in [6.45, 7) is 3.84. The smallest absolute Gasteiger partial charge is 0.262 e. The lowest BCUT2D eigenvalue weighted by Gasteiger charge is -2.10. The van der Waals surface area contributed by atoms with Crippen LogP contribution >= 0.6 is 23.2 Å². The quantitative estimate of drug-likeness (QED) is 0.890. The Bertz CT molecular complexity index is 651. The number of anilines is 1. The minimum atomic E-state index is -0.244. The van der Waals surface area contributed by atoms with E-state index in [0.717, 1.165) is 16.8 Å². The van der Waals surface area contributed by atoms with Crippen LogP contribution in [-0.4, -0.2) is 12.5 Å². The van der Waals surface area contributed by atoms with Crippen LogP contribution in [-0.2, 0) is 4.79 Å². The van der Waals surface area contributed by atoms with Gasteiger partial charge < -0.3 is 10.1 Å².